The van der Waals surface area contributed by atoms with Gasteiger partial charge >= 0.3 is 5.97 Å². The van der Waals surface area contributed by atoms with Gasteiger partial charge in [0.15, 0.2) is 0 Å². The summed E-state index contributed by atoms with van der Waals surface area (Å²) in [4.78, 5) is 10.9. The quantitative estimate of drug-likeness (QED) is 0.836. The highest BCUT2D eigenvalue weighted by Crippen LogP contribution is 2.25. The predicted octanol–water partition coefficient (Wildman–Crippen LogP) is 0.978. The summed E-state index contributed by atoms with van der Waals surface area (Å²) in [6.07, 6.45) is 1.87. The van der Waals surface area contributed by atoms with Crippen molar-refractivity contribution >= 4 is 16.0 Å². The molecule has 0 aromatic heterocycles. The number of sulfonamides is 1. The minimum absolute atomic E-state index is 0.0837. The van der Waals surface area contributed by atoms with Crippen LogP contribution in [0.3, 0.4) is 0 Å². The van der Waals surface area contributed by atoms with E-state index in [-0.39, 0.29) is 35.0 Å². The molecular weight excluding hydrogens is 298 g/mol. The number of hydrogen-bond donors (Lipinski definition) is 2. The molecule has 1 heterocycles. The van der Waals surface area contributed by atoms with Gasteiger partial charge in [-0.1, -0.05) is 0 Å². The van der Waals surface area contributed by atoms with Crippen molar-refractivity contribution in [2.24, 2.45) is 5.14 Å². The number of carboxylic acids is 1. The largest absolute Gasteiger partial charge is 0.490 e. The average molecular weight is 315 g/mol. The third-order valence-electron chi connectivity index (χ3n) is 3.25. The van der Waals surface area contributed by atoms with E-state index in [1.165, 1.54) is 12.1 Å². The molecule has 2 unspecified atom stereocenters. The molecule has 116 valence electrons. The molecule has 1 fully saturated rings. The first-order valence-electron chi connectivity index (χ1n) is 6.46. The van der Waals surface area contributed by atoms with E-state index in [2.05, 4.69) is 0 Å². The number of carboxylic acid groups (broad SMARTS) is 1. The number of benzene rings is 1. The van der Waals surface area contributed by atoms with E-state index in [4.69, 9.17) is 19.7 Å². The summed E-state index contributed by atoms with van der Waals surface area (Å²) in [7, 11) is -3.96. The number of rotatable bonds is 5. The van der Waals surface area contributed by atoms with Crippen LogP contribution in [0.25, 0.3) is 0 Å². The minimum atomic E-state index is -3.96. The zero-order chi connectivity index (χ0) is 15.6. The molecule has 2 atom stereocenters. The third-order valence-corrected chi connectivity index (χ3v) is 4.17. The molecule has 0 bridgehead atoms. The number of hydrogen-bond acceptors (Lipinski definition) is 5. The van der Waals surface area contributed by atoms with Crippen LogP contribution in [0.4, 0.5) is 0 Å². The number of ether oxygens (including phenoxy) is 2. The molecule has 1 aliphatic rings. The monoisotopic (exact) mass is 315 g/mol. The van der Waals surface area contributed by atoms with Crippen LogP contribution in [0.5, 0.6) is 5.75 Å². The highest BCUT2D eigenvalue weighted by atomic mass is 32.2. The van der Waals surface area contributed by atoms with Gasteiger partial charge in [0.2, 0.25) is 10.0 Å². The lowest BCUT2D eigenvalue weighted by atomic mass is 10.2. The Bertz CT molecular complexity index is 642. The molecule has 1 aromatic carbocycles. The lowest BCUT2D eigenvalue weighted by Gasteiger charge is -2.14. The van der Waals surface area contributed by atoms with Crippen LogP contribution in [0, 0.1) is 0 Å². The Kier molecular flexibility index (Phi) is 4.50. The SMILES string of the molecule is CC1CCC(COc2ccc(S(N)(=O)=O)cc2C(=O)O)O1. The highest BCUT2D eigenvalue weighted by molar-refractivity contribution is 7.89. The summed E-state index contributed by atoms with van der Waals surface area (Å²) in [6.45, 7) is 2.18. The minimum Gasteiger partial charge on any atom is -0.490 e. The van der Waals surface area contributed by atoms with Crippen molar-refractivity contribution in [1.82, 2.24) is 0 Å². The first-order valence-corrected chi connectivity index (χ1v) is 8.00. The summed E-state index contributed by atoms with van der Waals surface area (Å²) in [6, 6.07) is 3.50. The second-order valence-electron chi connectivity index (χ2n) is 4.97. The van der Waals surface area contributed by atoms with Gasteiger partial charge in [-0.2, -0.15) is 0 Å². The molecule has 0 saturated carbocycles. The second kappa shape index (κ2) is 6.00. The summed E-state index contributed by atoms with van der Waals surface area (Å²) in [5, 5.41) is 14.1. The fourth-order valence-corrected chi connectivity index (χ4v) is 2.71. The maximum atomic E-state index is 11.2. The first kappa shape index (κ1) is 15.7. The molecule has 1 saturated heterocycles. The molecule has 21 heavy (non-hydrogen) atoms. The Hall–Kier alpha value is -1.64. The molecule has 0 amide bonds. The zero-order valence-corrected chi connectivity index (χ0v) is 12.3. The second-order valence-corrected chi connectivity index (χ2v) is 6.53. The Balaban J connectivity index is 2.17. The van der Waals surface area contributed by atoms with Gasteiger partial charge in [0.25, 0.3) is 0 Å². The smallest absolute Gasteiger partial charge is 0.339 e. The molecule has 1 aromatic rings. The summed E-state index contributed by atoms with van der Waals surface area (Å²) < 4.78 is 33.5. The van der Waals surface area contributed by atoms with E-state index >= 15 is 0 Å². The van der Waals surface area contributed by atoms with E-state index < -0.39 is 16.0 Å². The zero-order valence-electron chi connectivity index (χ0n) is 11.5. The van der Waals surface area contributed by atoms with Gasteiger partial charge in [-0.3, -0.25) is 0 Å². The molecule has 2 rings (SSSR count). The van der Waals surface area contributed by atoms with Crippen LogP contribution in [0.1, 0.15) is 30.1 Å². The third kappa shape index (κ3) is 3.93. The van der Waals surface area contributed by atoms with Crippen molar-refractivity contribution in [2.75, 3.05) is 6.61 Å². The fraction of sp³-hybridized carbons (Fsp3) is 0.462. The highest BCUT2D eigenvalue weighted by Gasteiger charge is 2.23. The summed E-state index contributed by atoms with van der Waals surface area (Å²) in [5.41, 5.74) is -0.243. The Labute approximate surface area is 122 Å². The Morgan fingerprint density at radius 3 is 2.71 bits per heavy atom. The van der Waals surface area contributed by atoms with Crippen molar-refractivity contribution in [3.05, 3.63) is 23.8 Å². The number of carbonyl (C=O) groups is 1. The summed E-state index contributed by atoms with van der Waals surface area (Å²) >= 11 is 0. The van der Waals surface area contributed by atoms with Crippen molar-refractivity contribution in [2.45, 2.75) is 36.9 Å². The van der Waals surface area contributed by atoms with Gasteiger partial charge < -0.3 is 14.6 Å². The number of aromatic carboxylic acids is 1. The molecule has 8 heteroatoms. The Morgan fingerprint density at radius 2 is 2.19 bits per heavy atom. The molecule has 3 N–H and O–H groups in total. The molecule has 0 aliphatic carbocycles. The van der Waals surface area contributed by atoms with E-state index in [0.29, 0.717) is 0 Å². The van der Waals surface area contributed by atoms with E-state index in [0.717, 1.165) is 18.9 Å². The first-order chi connectivity index (χ1) is 9.77. The maximum Gasteiger partial charge on any atom is 0.339 e. The van der Waals surface area contributed by atoms with Gasteiger partial charge in [0.05, 0.1) is 17.1 Å². The van der Waals surface area contributed by atoms with E-state index in [1.807, 2.05) is 6.92 Å². The molecule has 7 nitrogen and oxygen atoms in total. The molecule has 0 radical (unpaired) electrons. The van der Waals surface area contributed by atoms with E-state index in [9.17, 15) is 13.2 Å². The van der Waals surface area contributed by atoms with Gasteiger partial charge in [0.1, 0.15) is 17.9 Å². The van der Waals surface area contributed by atoms with Crippen molar-refractivity contribution in [3.63, 3.8) is 0 Å². The lowest BCUT2D eigenvalue weighted by Crippen LogP contribution is -2.19. The predicted molar refractivity (Wildman–Crippen MR) is 73.8 cm³/mol. The normalized spacial score (nSPS) is 22.2. The van der Waals surface area contributed by atoms with Crippen LogP contribution in [-0.4, -0.2) is 38.3 Å². The van der Waals surface area contributed by atoms with Crippen LogP contribution < -0.4 is 9.88 Å². The summed E-state index contributed by atoms with van der Waals surface area (Å²) in [5.74, 6) is -1.19. The van der Waals surface area contributed by atoms with Crippen molar-refractivity contribution in [3.8, 4) is 5.75 Å². The van der Waals surface area contributed by atoms with Crippen LogP contribution in [-0.2, 0) is 14.8 Å². The van der Waals surface area contributed by atoms with Gasteiger partial charge in [-0.25, -0.2) is 18.4 Å². The molecular formula is C13H17NO6S. The van der Waals surface area contributed by atoms with Crippen LogP contribution >= 0.6 is 0 Å². The van der Waals surface area contributed by atoms with Gasteiger partial charge in [-0.15, -0.1) is 0 Å². The maximum absolute atomic E-state index is 11.2. The standard InChI is InChI=1S/C13H17NO6S/c1-8-2-3-9(20-8)7-19-12-5-4-10(21(14,17)18)6-11(12)13(15)16/h4-6,8-9H,2-3,7H2,1H3,(H,15,16)(H2,14,17,18). The van der Waals surface area contributed by atoms with Crippen LogP contribution in [0.2, 0.25) is 0 Å². The number of nitrogens with two attached hydrogens (primary N) is 1. The molecule has 1 aliphatic heterocycles. The average Bonchev–Trinajstić information content (AvgIpc) is 2.80. The van der Waals surface area contributed by atoms with Crippen LogP contribution in [0.15, 0.2) is 23.1 Å². The molecule has 0 spiro atoms. The van der Waals surface area contributed by atoms with Gasteiger partial charge in [-0.05, 0) is 38.0 Å². The topological polar surface area (TPSA) is 116 Å². The lowest BCUT2D eigenvalue weighted by molar-refractivity contribution is 0.0259. The Morgan fingerprint density at radius 1 is 1.48 bits per heavy atom. The number of primary sulfonamides is 1. The van der Waals surface area contributed by atoms with Crippen molar-refractivity contribution < 1.29 is 27.8 Å². The van der Waals surface area contributed by atoms with Crippen molar-refractivity contribution in [1.29, 1.82) is 0 Å². The van der Waals surface area contributed by atoms with Gasteiger partial charge in [0, 0.05) is 0 Å². The fourth-order valence-electron chi connectivity index (χ4n) is 2.17. The van der Waals surface area contributed by atoms with E-state index in [1.54, 1.807) is 0 Å².